The highest BCUT2D eigenvalue weighted by Gasteiger charge is 2.14. The number of aromatic amines is 1. The summed E-state index contributed by atoms with van der Waals surface area (Å²) in [5.41, 5.74) is 1.75. The molecule has 0 radical (unpaired) electrons. The van der Waals surface area contributed by atoms with Crippen molar-refractivity contribution in [3.05, 3.63) is 75.8 Å². The first-order valence-corrected chi connectivity index (χ1v) is 9.94. The molecule has 0 saturated heterocycles. The van der Waals surface area contributed by atoms with Crippen molar-refractivity contribution in [3.8, 4) is 16.2 Å². The molecule has 6 nitrogen and oxygen atoms in total. The van der Waals surface area contributed by atoms with Gasteiger partial charge >= 0.3 is 0 Å². The number of benzene rings is 2. The van der Waals surface area contributed by atoms with Gasteiger partial charge in [0.1, 0.15) is 16.3 Å². The normalized spacial score (nSPS) is 10.8. The highest BCUT2D eigenvalue weighted by Crippen LogP contribution is 2.35. The Morgan fingerprint density at radius 1 is 1.21 bits per heavy atom. The number of halogens is 1. The first-order valence-electron chi connectivity index (χ1n) is 8.75. The van der Waals surface area contributed by atoms with Crippen molar-refractivity contribution in [1.82, 2.24) is 9.97 Å². The van der Waals surface area contributed by atoms with Crippen LogP contribution in [0.25, 0.3) is 20.7 Å². The van der Waals surface area contributed by atoms with Gasteiger partial charge in [0.25, 0.3) is 5.56 Å². The number of anilines is 1. The standard InChI is InChI=1S/C21H16ClN3O3S/c1-28-13-8-6-12(7-9-13)23-19(26)11-18-24-16-10-17(29-20(16)21(27)25-18)14-4-2-3-5-15(14)22/h2-10H,11H2,1H3,(H,23,26)(H,24,25,27). The number of thiophene rings is 1. The summed E-state index contributed by atoms with van der Waals surface area (Å²) in [6.45, 7) is 0. The summed E-state index contributed by atoms with van der Waals surface area (Å²) >= 11 is 7.58. The molecule has 0 aliphatic rings. The lowest BCUT2D eigenvalue weighted by Gasteiger charge is -2.06. The number of carbonyl (C=O) groups is 1. The predicted molar refractivity (Wildman–Crippen MR) is 116 cm³/mol. The second-order valence-electron chi connectivity index (χ2n) is 6.27. The van der Waals surface area contributed by atoms with Crippen LogP contribution in [0.1, 0.15) is 5.82 Å². The molecule has 2 heterocycles. The summed E-state index contributed by atoms with van der Waals surface area (Å²) in [6.07, 6.45) is -0.0471. The van der Waals surface area contributed by atoms with Crippen LogP contribution in [-0.2, 0) is 11.2 Å². The lowest BCUT2D eigenvalue weighted by Crippen LogP contribution is -2.19. The average Bonchev–Trinajstić information content (AvgIpc) is 3.13. The van der Waals surface area contributed by atoms with Gasteiger partial charge in [-0.3, -0.25) is 9.59 Å². The molecule has 0 atom stereocenters. The molecule has 4 rings (SSSR count). The molecule has 0 bridgehead atoms. The van der Waals surface area contributed by atoms with E-state index < -0.39 is 0 Å². The highest BCUT2D eigenvalue weighted by molar-refractivity contribution is 7.22. The molecule has 29 heavy (non-hydrogen) atoms. The SMILES string of the molecule is COc1ccc(NC(=O)Cc2nc3cc(-c4ccccc4Cl)sc3c(=O)[nH]2)cc1. The zero-order valence-corrected chi connectivity index (χ0v) is 16.9. The third kappa shape index (κ3) is 4.16. The summed E-state index contributed by atoms with van der Waals surface area (Å²) in [5, 5.41) is 3.38. The van der Waals surface area contributed by atoms with E-state index in [1.165, 1.54) is 11.3 Å². The van der Waals surface area contributed by atoms with Crippen molar-refractivity contribution < 1.29 is 9.53 Å². The Labute approximate surface area is 175 Å². The fourth-order valence-corrected chi connectivity index (χ4v) is 4.22. The Kier molecular flexibility index (Phi) is 5.33. The van der Waals surface area contributed by atoms with E-state index in [9.17, 15) is 9.59 Å². The van der Waals surface area contributed by atoms with Crippen LogP contribution in [0.15, 0.2) is 59.4 Å². The summed E-state index contributed by atoms with van der Waals surface area (Å²) in [6, 6.07) is 16.2. The molecule has 0 aliphatic carbocycles. The molecule has 0 spiro atoms. The molecule has 2 aromatic heterocycles. The lowest BCUT2D eigenvalue weighted by molar-refractivity contribution is -0.115. The molecule has 2 N–H and O–H groups in total. The van der Waals surface area contributed by atoms with E-state index in [2.05, 4.69) is 15.3 Å². The fourth-order valence-electron chi connectivity index (χ4n) is 2.90. The van der Waals surface area contributed by atoms with Gasteiger partial charge in [0.15, 0.2) is 0 Å². The van der Waals surface area contributed by atoms with E-state index in [0.29, 0.717) is 32.5 Å². The predicted octanol–water partition coefficient (Wildman–Crippen LogP) is 4.49. The number of fused-ring (bicyclic) bond motifs is 1. The number of amides is 1. The molecule has 0 saturated carbocycles. The minimum Gasteiger partial charge on any atom is -0.497 e. The quantitative estimate of drug-likeness (QED) is 0.493. The second-order valence-corrected chi connectivity index (χ2v) is 7.73. The number of hydrogen-bond donors (Lipinski definition) is 2. The molecule has 0 unspecified atom stereocenters. The lowest BCUT2D eigenvalue weighted by atomic mass is 10.2. The summed E-state index contributed by atoms with van der Waals surface area (Å²) < 4.78 is 5.59. The number of hydrogen-bond acceptors (Lipinski definition) is 5. The summed E-state index contributed by atoms with van der Waals surface area (Å²) in [5.74, 6) is 0.725. The van der Waals surface area contributed by atoms with Crippen molar-refractivity contribution in [2.75, 3.05) is 12.4 Å². The van der Waals surface area contributed by atoms with Crippen molar-refractivity contribution in [2.45, 2.75) is 6.42 Å². The Bertz CT molecular complexity index is 1250. The third-order valence-corrected chi connectivity index (χ3v) is 5.76. The van der Waals surface area contributed by atoms with Crippen molar-refractivity contribution in [1.29, 1.82) is 0 Å². The first-order chi connectivity index (χ1) is 14.0. The Morgan fingerprint density at radius 2 is 1.97 bits per heavy atom. The Morgan fingerprint density at radius 3 is 2.69 bits per heavy atom. The summed E-state index contributed by atoms with van der Waals surface area (Å²) in [4.78, 5) is 32.8. The summed E-state index contributed by atoms with van der Waals surface area (Å²) in [7, 11) is 1.58. The zero-order chi connectivity index (χ0) is 20.4. The van der Waals surface area contributed by atoms with Gasteiger partial charge in [0.2, 0.25) is 5.91 Å². The van der Waals surface area contributed by atoms with Crippen LogP contribution in [0.2, 0.25) is 5.02 Å². The first kappa shape index (κ1) is 19.2. The van der Waals surface area contributed by atoms with Gasteiger partial charge in [-0.05, 0) is 36.4 Å². The van der Waals surface area contributed by atoms with Gasteiger partial charge in [-0.25, -0.2) is 4.98 Å². The number of methoxy groups -OCH3 is 1. The molecule has 1 amide bonds. The van der Waals surface area contributed by atoms with Gasteiger partial charge in [-0.2, -0.15) is 0 Å². The number of nitrogens with zero attached hydrogens (tertiary/aromatic N) is 1. The zero-order valence-electron chi connectivity index (χ0n) is 15.4. The maximum Gasteiger partial charge on any atom is 0.268 e. The highest BCUT2D eigenvalue weighted by atomic mass is 35.5. The third-order valence-electron chi connectivity index (χ3n) is 4.27. The van der Waals surface area contributed by atoms with E-state index in [1.807, 2.05) is 24.3 Å². The fraction of sp³-hybridized carbons (Fsp3) is 0.0952. The van der Waals surface area contributed by atoms with Crippen LogP contribution in [0.5, 0.6) is 5.75 Å². The smallest absolute Gasteiger partial charge is 0.268 e. The number of rotatable bonds is 5. The number of nitrogens with one attached hydrogen (secondary N) is 2. The molecule has 2 aromatic carbocycles. The monoisotopic (exact) mass is 425 g/mol. The maximum absolute atomic E-state index is 12.5. The second kappa shape index (κ2) is 8.06. The van der Waals surface area contributed by atoms with Crippen LogP contribution >= 0.6 is 22.9 Å². The van der Waals surface area contributed by atoms with Crippen LogP contribution < -0.4 is 15.6 Å². The molecule has 146 valence electrons. The van der Waals surface area contributed by atoms with Crippen LogP contribution in [0, 0.1) is 0 Å². The van der Waals surface area contributed by atoms with Crippen molar-refractivity contribution >= 4 is 44.7 Å². The van der Waals surface area contributed by atoms with Gasteiger partial charge in [-0.1, -0.05) is 29.8 Å². The molecule has 8 heteroatoms. The number of carbonyl (C=O) groups excluding carboxylic acids is 1. The van der Waals surface area contributed by atoms with E-state index in [1.54, 1.807) is 37.4 Å². The van der Waals surface area contributed by atoms with Gasteiger partial charge in [0, 0.05) is 21.2 Å². The van der Waals surface area contributed by atoms with Crippen molar-refractivity contribution in [3.63, 3.8) is 0 Å². The van der Waals surface area contributed by atoms with E-state index >= 15 is 0 Å². The van der Waals surface area contributed by atoms with Gasteiger partial charge < -0.3 is 15.0 Å². The number of ether oxygens (including phenoxy) is 1. The van der Waals surface area contributed by atoms with Gasteiger partial charge in [0.05, 0.1) is 19.0 Å². The van der Waals surface area contributed by atoms with E-state index in [4.69, 9.17) is 16.3 Å². The molecular weight excluding hydrogens is 410 g/mol. The Hall–Kier alpha value is -3.16. The minimum atomic E-state index is -0.278. The topological polar surface area (TPSA) is 84.1 Å². The maximum atomic E-state index is 12.5. The van der Waals surface area contributed by atoms with E-state index in [-0.39, 0.29) is 17.9 Å². The van der Waals surface area contributed by atoms with Crippen molar-refractivity contribution in [2.24, 2.45) is 0 Å². The Balaban J connectivity index is 1.57. The number of H-pyrrole nitrogens is 1. The average molecular weight is 426 g/mol. The molecular formula is C21H16ClN3O3S. The molecule has 0 fully saturated rings. The van der Waals surface area contributed by atoms with Crippen LogP contribution in [0.4, 0.5) is 5.69 Å². The van der Waals surface area contributed by atoms with Gasteiger partial charge in [-0.15, -0.1) is 11.3 Å². The minimum absolute atomic E-state index is 0.0471. The van der Waals surface area contributed by atoms with Crippen LogP contribution in [-0.4, -0.2) is 23.0 Å². The molecule has 4 aromatic rings. The number of aromatic nitrogens is 2. The largest absolute Gasteiger partial charge is 0.497 e. The van der Waals surface area contributed by atoms with E-state index in [0.717, 1.165) is 10.4 Å². The molecule has 0 aliphatic heterocycles. The van der Waals surface area contributed by atoms with Crippen LogP contribution in [0.3, 0.4) is 0 Å².